The minimum Gasteiger partial charge on any atom is -0.486 e. The van der Waals surface area contributed by atoms with Gasteiger partial charge >= 0.3 is 0 Å². The van der Waals surface area contributed by atoms with Gasteiger partial charge in [-0.25, -0.2) is 0 Å². The van der Waals surface area contributed by atoms with Crippen LogP contribution in [0.4, 0.5) is 0 Å². The molecule has 0 amide bonds. The van der Waals surface area contributed by atoms with E-state index in [1.54, 1.807) is 0 Å². The third kappa shape index (κ3) is 5.52. The molecule has 0 saturated heterocycles. The summed E-state index contributed by atoms with van der Waals surface area (Å²) in [6.07, 6.45) is 0.812. The molecule has 4 aromatic rings. The van der Waals surface area contributed by atoms with Crippen molar-refractivity contribution in [2.24, 2.45) is 0 Å². The number of aromatic amines is 1. The van der Waals surface area contributed by atoms with Crippen molar-refractivity contribution in [3.63, 3.8) is 0 Å². The molecule has 6 nitrogen and oxygen atoms in total. The highest BCUT2D eigenvalue weighted by Gasteiger charge is 2.18. The number of nitrogens with zero attached hydrogens (tertiary/aromatic N) is 1. The van der Waals surface area contributed by atoms with E-state index < -0.39 is 0 Å². The second-order valence-electron chi connectivity index (χ2n) is 8.95. The van der Waals surface area contributed by atoms with Gasteiger partial charge in [0.25, 0.3) is 5.56 Å². The monoisotopic (exact) mass is 499 g/mol. The van der Waals surface area contributed by atoms with Gasteiger partial charge in [-0.15, -0.1) is 0 Å². The summed E-state index contributed by atoms with van der Waals surface area (Å²) < 4.78 is 11.4. The molecule has 1 atom stereocenters. The number of thiocarbonyl (C=S) groups is 1. The summed E-state index contributed by atoms with van der Waals surface area (Å²) in [5, 5.41) is 4.97. The van der Waals surface area contributed by atoms with E-state index in [9.17, 15) is 4.79 Å². The van der Waals surface area contributed by atoms with Gasteiger partial charge in [-0.2, -0.15) is 0 Å². The predicted octanol–water partition coefficient (Wildman–Crippen LogP) is 4.98. The molecule has 1 unspecified atom stereocenters. The van der Waals surface area contributed by atoms with Crippen molar-refractivity contribution in [2.75, 3.05) is 19.8 Å². The van der Waals surface area contributed by atoms with Gasteiger partial charge in [0, 0.05) is 23.6 Å². The van der Waals surface area contributed by atoms with Gasteiger partial charge in [-0.1, -0.05) is 60.7 Å². The molecule has 0 bridgehead atoms. The molecule has 0 aliphatic carbocycles. The maximum absolute atomic E-state index is 13.1. The summed E-state index contributed by atoms with van der Waals surface area (Å²) in [5.41, 5.74) is 3.60. The van der Waals surface area contributed by atoms with E-state index in [2.05, 4.69) is 46.4 Å². The van der Waals surface area contributed by atoms with Gasteiger partial charge in [0.05, 0.1) is 18.1 Å². The molecular formula is C29H29N3O3S. The number of benzene rings is 3. The molecule has 2 heterocycles. The first kappa shape index (κ1) is 23.9. The average molecular weight is 500 g/mol. The number of hydrogen-bond donors (Lipinski definition) is 2. The summed E-state index contributed by atoms with van der Waals surface area (Å²) in [7, 11) is 0. The summed E-state index contributed by atoms with van der Waals surface area (Å²) >= 11 is 5.85. The van der Waals surface area contributed by atoms with Crippen molar-refractivity contribution in [2.45, 2.75) is 25.9 Å². The van der Waals surface area contributed by atoms with Crippen molar-refractivity contribution in [3.8, 4) is 11.5 Å². The van der Waals surface area contributed by atoms with Crippen LogP contribution in [0.15, 0.2) is 83.7 Å². The van der Waals surface area contributed by atoms with Crippen molar-refractivity contribution in [1.82, 2.24) is 15.2 Å². The van der Waals surface area contributed by atoms with Crippen molar-refractivity contribution < 1.29 is 9.47 Å². The lowest BCUT2D eigenvalue weighted by Crippen LogP contribution is -2.42. The minimum absolute atomic E-state index is 0.0384. The van der Waals surface area contributed by atoms with Crippen molar-refractivity contribution >= 4 is 28.2 Å². The number of fused-ring (bicyclic) bond motifs is 2. The molecule has 1 aliphatic heterocycles. The van der Waals surface area contributed by atoms with E-state index >= 15 is 0 Å². The molecule has 0 spiro atoms. The fourth-order valence-corrected chi connectivity index (χ4v) is 4.71. The van der Waals surface area contributed by atoms with Crippen LogP contribution in [0.1, 0.15) is 29.7 Å². The van der Waals surface area contributed by atoms with Crippen molar-refractivity contribution in [1.29, 1.82) is 0 Å². The number of hydrogen-bond acceptors (Lipinski definition) is 4. The maximum Gasteiger partial charge on any atom is 0.253 e. The number of H-pyrrole nitrogens is 1. The Labute approximate surface area is 215 Å². The maximum atomic E-state index is 13.1. The van der Waals surface area contributed by atoms with Crippen LogP contribution in [0.25, 0.3) is 10.9 Å². The smallest absolute Gasteiger partial charge is 0.253 e. The first-order valence-corrected chi connectivity index (χ1v) is 12.6. The Morgan fingerprint density at radius 3 is 2.39 bits per heavy atom. The number of rotatable bonds is 7. The van der Waals surface area contributed by atoms with Gasteiger partial charge in [-0.05, 0) is 48.8 Å². The molecule has 1 aliphatic rings. The third-order valence-electron chi connectivity index (χ3n) is 6.39. The Morgan fingerprint density at radius 2 is 1.67 bits per heavy atom. The summed E-state index contributed by atoms with van der Waals surface area (Å²) in [6, 6.07) is 26.2. The Kier molecular flexibility index (Phi) is 7.18. The van der Waals surface area contributed by atoms with Crippen LogP contribution in [0, 0.1) is 0 Å². The zero-order chi connectivity index (χ0) is 24.9. The first-order chi connectivity index (χ1) is 17.6. The zero-order valence-electron chi connectivity index (χ0n) is 20.2. The van der Waals surface area contributed by atoms with Gasteiger partial charge in [0.15, 0.2) is 16.6 Å². The highest BCUT2D eigenvalue weighted by molar-refractivity contribution is 7.80. The largest absolute Gasteiger partial charge is 0.486 e. The van der Waals surface area contributed by atoms with E-state index in [0.29, 0.717) is 48.5 Å². The molecule has 0 fully saturated rings. The normalized spacial score (nSPS) is 13.2. The van der Waals surface area contributed by atoms with Gasteiger partial charge in [0.2, 0.25) is 0 Å². The first-order valence-electron chi connectivity index (χ1n) is 12.2. The van der Waals surface area contributed by atoms with Crippen LogP contribution < -0.4 is 20.3 Å². The predicted molar refractivity (Wildman–Crippen MR) is 147 cm³/mol. The van der Waals surface area contributed by atoms with E-state index in [1.807, 2.05) is 54.6 Å². The van der Waals surface area contributed by atoms with Crippen LogP contribution in [-0.2, 0) is 13.0 Å². The molecule has 0 radical (unpaired) electrons. The van der Waals surface area contributed by atoms with E-state index in [1.165, 1.54) is 5.56 Å². The number of pyridine rings is 1. The number of aromatic nitrogens is 1. The second kappa shape index (κ2) is 10.8. The molecule has 3 aromatic carbocycles. The van der Waals surface area contributed by atoms with E-state index in [4.69, 9.17) is 21.7 Å². The lowest BCUT2D eigenvalue weighted by atomic mass is 10.1. The molecule has 36 heavy (non-hydrogen) atoms. The fraction of sp³-hybridized carbons (Fsp3) is 0.241. The van der Waals surface area contributed by atoms with Gasteiger partial charge in [0.1, 0.15) is 13.2 Å². The summed E-state index contributed by atoms with van der Waals surface area (Å²) in [6.45, 7) is 4.17. The molecular weight excluding hydrogens is 470 g/mol. The van der Waals surface area contributed by atoms with Crippen LogP contribution in [0.5, 0.6) is 11.5 Å². The van der Waals surface area contributed by atoms with Crippen LogP contribution in [0.2, 0.25) is 0 Å². The average Bonchev–Trinajstić information content (AvgIpc) is 2.91. The van der Waals surface area contributed by atoms with Crippen LogP contribution >= 0.6 is 12.2 Å². The summed E-state index contributed by atoms with van der Waals surface area (Å²) in [4.78, 5) is 18.1. The molecule has 0 saturated carbocycles. The quantitative estimate of drug-likeness (QED) is 0.350. The Bertz CT molecular complexity index is 1410. The Morgan fingerprint density at radius 1 is 1.00 bits per heavy atom. The summed E-state index contributed by atoms with van der Waals surface area (Å²) in [5.74, 6) is 1.35. The van der Waals surface area contributed by atoms with Gasteiger partial charge < -0.3 is 24.7 Å². The van der Waals surface area contributed by atoms with Crippen molar-refractivity contribution in [3.05, 3.63) is 106 Å². The van der Waals surface area contributed by atoms with E-state index in [-0.39, 0.29) is 11.6 Å². The topological polar surface area (TPSA) is 66.6 Å². The minimum atomic E-state index is -0.136. The highest BCUT2D eigenvalue weighted by Crippen LogP contribution is 2.33. The third-order valence-corrected chi connectivity index (χ3v) is 6.76. The second-order valence-corrected chi connectivity index (χ2v) is 9.33. The van der Waals surface area contributed by atoms with E-state index in [0.717, 1.165) is 22.9 Å². The molecule has 5 rings (SSSR count). The highest BCUT2D eigenvalue weighted by atomic mass is 32.1. The SMILES string of the molecule is CC(NC(=S)N(CCc1ccccc1)Cc1cc2cc3c(cc2[nH]c1=O)OCCO3)c1ccccc1. The molecule has 7 heteroatoms. The zero-order valence-corrected chi connectivity index (χ0v) is 21.0. The number of nitrogens with one attached hydrogen (secondary N) is 2. The lowest BCUT2D eigenvalue weighted by molar-refractivity contribution is 0.172. The Balaban J connectivity index is 1.40. The van der Waals surface area contributed by atoms with Crippen LogP contribution in [-0.4, -0.2) is 34.8 Å². The number of ether oxygens (including phenoxy) is 2. The van der Waals surface area contributed by atoms with Gasteiger partial charge in [-0.3, -0.25) is 4.79 Å². The molecule has 1 aromatic heterocycles. The fourth-order valence-electron chi connectivity index (χ4n) is 4.37. The Hall–Kier alpha value is -3.84. The molecule has 184 valence electrons. The molecule has 2 N–H and O–H groups in total. The lowest BCUT2D eigenvalue weighted by Gasteiger charge is -2.28. The van der Waals surface area contributed by atoms with Crippen LogP contribution in [0.3, 0.4) is 0 Å². The standard InChI is InChI=1S/C29H29N3O3S/c1-20(22-10-6-3-7-11-22)30-29(36)32(13-12-21-8-4-2-5-9-21)19-24-16-23-17-26-27(35-15-14-34-26)18-25(23)31-28(24)33/h2-11,16-18,20H,12-15,19H2,1H3,(H,30,36)(H,31,33).